The van der Waals surface area contributed by atoms with E-state index in [2.05, 4.69) is 55.5 Å². The summed E-state index contributed by atoms with van der Waals surface area (Å²) in [5.74, 6) is 1.56. The van der Waals surface area contributed by atoms with E-state index in [9.17, 15) is 13.2 Å². The van der Waals surface area contributed by atoms with Crippen molar-refractivity contribution >= 4 is 21.4 Å². The first-order valence-corrected chi connectivity index (χ1v) is 20.1. The molecule has 12 heteroatoms. The number of halogens is 1. The maximum Gasteiger partial charge on any atom is 0.243 e. The van der Waals surface area contributed by atoms with Crippen LogP contribution in [0.25, 0.3) is 0 Å². The number of amides is 1. The van der Waals surface area contributed by atoms with Gasteiger partial charge in [-0.25, -0.2) is 17.8 Å². The van der Waals surface area contributed by atoms with Gasteiger partial charge in [0.1, 0.15) is 16.5 Å². The minimum atomic E-state index is -3.60. The second-order valence-electron chi connectivity index (χ2n) is 14.9. The molecule has 2 aromatic carbocycles. The summed E-state index contributed by atoms with van der Waals surface area (Å²) in [7, 11) is -1.90. The number of carbonyl (C=O) groups is 1. The second-order valence-corrected chi connectivity index (χ2v) is 16.9. The number of hydrogen-bond acceptors (Lipinski definition) is 7. The number of sulfone groups is 1. The molecule has 3 aliphatic rings. The largest absolute Gasteiger partial charge is 0.371 e. The van der Waals surface area contributed by atoms with E-state index in [1.54, 1.807) is 25.2 Å². The van der Waals surface area contributed by atoms with Crippen LogP contribution in [0.5, 0.6) is 0 Å². The van der Waals surface area contributed by atoms with E-state index in [1.165, 1.54) is 29.2 Å². The molecule has 1 amide bonds. The van der Waals surface area contributed by atoms with Crippen LogP contribution in [-0.2, 0) is 40.1 Å². The predicted octanol–water partition coefficient (Wildman–Crippen LogP) is 5.41. The molecule has 0 bridgehead atoms. The number of aryl methyl sites for hydroxylation is 2. The summed E-state index contributed by atoms with van der Waals surface area (Å²) in [4.78, 5) is 22.7. The third kappa shape index (κ3) is 7.07. The number of nitrogens with zero attached hydrogens (tertiary/aromatic N) is 6. The molecular weight excluding hydrogens is 678 g/mol. The van der Waals surface area contributed by atoms with Crippen molar-refractivity contribution in [3.05, 3.63) is 103 Å². The van der Waals surface area contributed by atoms with Crippen LogP contribution in [0, 0.1) is 23.6 Å². The number of anilines is 1. The van der Waals surface area contributed by atoms with E-state index >= 15 is 4.39 Å². The van der Waals surface area contributed by atoms with E-state index in [4.69, 9.17) is 0 Å². The number of likely N-dealkylation sites (tertiary alicyclic amines) is 1. The highest BCUT2D eigenvalue weighted by molar-refractivity contribution is 7.91. The van der Waals surface area contributed by atoms with Crippen LogP contribution in [0.15, 0.2) is 95.8 Å². The summed E-state index contributed by atoms with van der Waals surface area (Å²) in [6.45, 7) is 11.3. The average Bonchev–Trinajstić information content (AvgIpc) is 3.90. The van der Waals surface area contributed by atoms with Crippen molar-refractivity contribution < 1.29 is 17.6 Å². The van der Waals surface area contributed by atoms with Gasteiger partial charge in [-0.2, -0.15) is 5.10 Å². The lowest BCUT2D eigenvalue weighted by Gasteiger charge is -2.51. The van der Waals surface area contributed by atoms with E-state index in [-0.39, 0.29) is 39.4 Å². The fraction of sp³-hybridized carbons (Fsp3) is 0.475. The zero-order chi connectivity index (χ0) is 36.5. The highest BCUT2D eigenvalue weighted by Crippen LogP contribution is 2.52. The van der Waals surface area contributed by atoms with Gasteiger partial charge in [0.25, 0.3) is 0 Å². The maximum absolute atomic E-state index is 15.1. The van der Waals surface area contributed by atoms with E-state index in [0.29, 0.717) is 12.5 Å². The minimum Gasteiger partial charge on any atom is -0.371 e. The molecule has 2 saturated heterocycles. The molecule has 1 saturated carbocycles. The van der Waals surface area contributed by atoms with Crippen molar-refractivity contribution in [3.8, 4) is 0 Å². The standard InChI is InChI=1S/C40H50FN7O3S/c1-4-38-42-18-21-47(38)28-40(31-8-6-9-32(41)22-31,36-10-7-11-37(36)44-39(49)5-2)30-16-19-46(20-17-30)24-29-25-48(26-29)33-12-14-34(15-13-33)52(50,51)35-23-43-45(3)27-35/h5-6,8-9,12-15,18,21-23,27,29-30,36-37H,2,4,7,10-11,16-17,19-20,24-26,28H2,1,3H3,(H,44,49)/t36-,37-,40-/m0/s1. The van der Waals surface area contributed by atoms with Gasteiger partial charge in [-0.1, -0.05) is 32.1 Å². The van der Waals surface area contributed by atoms with Crippen LogP contribution < -0.4 is 10.2 Å². The first kappa shape index (κ1) is 36.1. The van der Waals surface area contributed by atoms with Crippen LogP contribution in [0.3, 0.4) is 0 Å². The molecule has 3 atom stereocenters. The normalized spacial score (nSPS) is 21.5. The Morgan fingerprint density at radius 2 is 1.85 bits per heavy atom. The third-order valence-corrected chi connectivity index (χ3v) is 13.6. The smallest absolute Gasteiger partial charge is 0.243 e. The molecule has 3 fully saturated rings. The number of rotatable bonds is 13. The lowest BCUT2D eigenvalue weighted by atomic mass is 9.58. The Hall–Kier alpha value is -4.29. The molecule has 1 N–H and O–H groups in total. The van der Waals surface area contributed by atoms with Gasteiger partial charge < -0.3 is 19.7 Å². The van der Waals surface area contributed by atoms with Crippen LogP contribution >= 0.6 is 0 Å². The van der Waals surface area contributed by atoms with Crippen molar-refractivity contribution in [3.63, 3.8) is 0 Å². The first-order valence-electron chi connectivity index (χ1n) is 18.6. The van der Waals surface area contributed by atoms with Crippen LogP contribution in [0.2, 0.25) is 0 Å². The summed E-state index contributed by atoms with van der Waals surface area (Å²) in [5.41, 5.74) is 1.64. The first-order chi connectivity index (χ1) is 25.1. The van der Waals surface area contributed by atoms with Crippen molar-refractivity contribution in [1.82, 2.24) is 29.5 Å². The van der Waals surface area contributed by atoms with Crippen LogP contribution in [-0.4, -0.2) is 77.3 Å². The quantitative estimate of drug-likeness (QED) is 0.184. The molecule has 10 nitrogen and oxygen atoms in total. The molecule has 0 radical (unpaired) electrons. The fourth-order valence-corrected chi connectivity index (χ4v) is 10.6. The average molecular weight is 728 g/mol. The number of benzene rings is 2. The van der Waals surface area contributed by atoms with Gasteiger partial charge >= 0.3 is 0 Å². The number of hydrogen-bond donors (Lipinski definition) is 1. The highest BCUT2D eigenvalue weighted by Gasteiger charge is 2.52. The summed E-state index contributed by atoms with van der Waals surface area (Å²) in [5, 5.41) is 7.29. The zero-order valence-corrected chi connectivity index (χ0v) is 31.0. The van der Waals surface area contributed by atoms with Gasteiger partial charge in [0, 0.05) is 81.3 Å². The number of nitrogens with one attached hydrogen (secondary N) is 1. The Balaban J connectivity index is 1.06. The van der Waals surface area contributed by atoms with Gasteiger partial charge in [-0.3, -0.25) is 9.48 Å². The number of imidazole rings is 1. The lowest BCUT2D eigenvalue weighted by molar-refractivity contribution is -0.117. The van der Waals surface area contributed by atoms with Gasteiger partial charge in [0.05, 0.1) is 11.1 Å². The molecule has 2 aliphatic heterocycles. The Bertz CT molecular complexity index is 1980. The van der Waals surface area contributed by atoms with Crippen LogP contribution in [0.4, 0.5) is 10.1 Å². The van der Waals surface area contributed by atoms with Crippen molar-refractivity contribution in [1.29, 1.82) is 0 Å². The minimum absolute atomic E-state index is 0.0223. The molecule has 1 aliphatic carbocycles. The van der Waals surface area contributed by atoms with Crippen molar-refractivity contribution in [2.24, 2.45) is 24.8 Å². The van der Waals surface area contributed by atoms with Gasteiger partial charge in [-0.15, -0.1) is 0 Å². The number of piperidine rings is 1. The molecule has 2 aromatic heterocycles. The molecule has 7 rings (SSSR count). The van der Waals surface area contributed by atoms with Gasteiger partial charge in [0.2, 0.25) is 15.7 Å². The maximum atomic E-state index is 15.1. The van der Waals surface area contributed by atoms with E-state index in [1.807, 2.05) is 24.4 Å². The van der Waals surface area contributed by atoms with Crippen molar-refractivity contribution in [2.75, 3.05) is 37.6 Å². The second kappa shape index (κ2) is 15.0. The molecule has 4 heterocycles. The molecule has 276 valence electrons. The third-order valence-electron chi connectivity index (χ3n) is 11.9. The summed E-state index contributed by atoms with van der Waals surface area (Å²) in [6, 6.07) is 14.4. The Labute approximate surface area is 306 Å². The summed E-state index contributed by atoms with van der Waals surface area (Å²) in [6.07, 6.45) is 13.8. The molecular formula is C40H50FN7O3S. The van der Waals surface area contributed by atoms with Crippen LogP contribution in [0.1, 0.15) is 50.4 Å². The van der Waals surface area contributed by atoms with E-state index < -0.39 is 15.3 Å². The number of carbonyl (C=O) groups excluding carboxylic acids is 1. The van der Waals surface area contributed by atoms with E-state index in [0.717, 1.165) is 88.3 Å². The van der Waals surface area contributed by atoms with Crippen molar-refractivity contribution in [2.45, 2.75) is 73.2 Å². The lowest BCUT2D eigenvalue weighted by Crippen LogP contribution is -2.56. The SMILES string of the molecule is C=CC(=O)N[C@H]1CCC[C@@H]1[C@](Cn1ccnc1CC)(c1cccc(F)c1)C1CCN(CC2CN(c3ccc(S(=O)(=O)c4cnn(C)c4)cc3)C2)CC1. The topological polar surface area (TPSA) is 105 Å². The monoisotopic (exact) mass is 727 g/mol. The molecule has 0 unspecified atom stereocenters. The highest BCUT2D eigenvalue weighted by atomic mass is 32.2. The van der Waals surface area contributed by atoms with Gasteiger partial charge in [-0.05, 0) is 98.6 Å². The number of aromatic nitrogens is 4. The predicted molar refractivity (Wildman–Crippen MR) is 199 cm³/mol. The zero-order valence-electron chi connectivity index (χ0n) is 30.2. The Morgan fingerprint density at radius 3 is 2.52 bits per heavy atom. The van der Waals surface area contributed by atoms with Gasteiger partial charge in [0.15, 0.2) is 0 Å². The molecule has 0 spiro atoms. The Morgan fingerprint density at radius 1 is 1.08 bits per heavy atom. The Kier molecular flexibility index (Phi) is 10.4. The molecule has 52 heavy (non-hydrogen) atoms. The summed E-state index contributed by atoms with van der Waals surface area (Å²) >= 11 is 0. The molecule has 4 aromatic rings. The summed E-state index contributed by atoms with van der Waals surface area (Å²) < 4.78 is 44.9. The fourth-order valence-electron chi connectivity index (χ4n) is 9.34.